The van der Waals surface area contributed by atoms with Gasteiger partial charge in [-0.25, -0.2) is 9.48 Å². The minimum Gasteiger partial charge on any atom is -0.478 e. The number of rotatable bonds is 11. The van der Waals surface area contributed by atoms with Crippen LogP contribution in [-0.2, 0) is 11.2 Å². The highest BCUT2D eigenvalue weighted by Gasteiger charge is 2.27. The molecule has 0 saturated carbocycles. The quantitative estimate of drug-likeness (QED) is 0.181. The summed E-state index contributed by atoms with van der Waals surface area (Å²) in [6, 6.07) is 19.6. The number of anilines is 1. The van der Waals surface area contributed by atoms with E-state index in [1.54, 1.807) is 18.2 Å². The third-order valence-electron chi connectivity index (χ3n) is 6.18. The van der Waals surface area contributed by atoms with E-state index in [1.807, 2.05) is 30.3 Å². The molecule has 0 saturated heterocycles. The van der Waals surface area contributed by atoms with Crippen LogP contribution in [0, 0.1) is 0 Å². The summed E-state index contributed by atoms with van der Waals surface area (Å²) in [5.74, 6) is -1.89. The molecule has 0 aliphatic rings. The Hall–Kier alpha value is -5.02. The number of hydrogen-bond donors (Lipinski definition) is 2. The predicted octanol–water partition coefficient (Wildman–Crippen LogP) is 5.45. The second-order valence-corrected chi connectivity index (χ2v) is 9.51. The van der Waals surface area contributed by atoms with Crippen molar-refractivity contribution in [2.75, 3.05) is 11.9 Å². The largest absolute Gasteiger partial charge is 0.478 e. The third-order valence-corrected chi connectivity index (χ3v) is 6.42. The first-order valence-electron chi connectivity index (χ1n) is 12.5. The topological polar surface area (TPSA) is 128 Å². The fourth-order valence-electron chi connectivity index (χ4n) is 4.21. The van der Waals surface area contributed by atoms with Crippen LogP contribution in [0.25, 0.3) is 11.1 Å². The number of aromatic nitrogens is 2. The van der Waals surface area contributed by atoms with Crippen molar-refractivity contribution in [1.82, 2.24) is 9.78 Å². The van der Waals surface area contributed by atoms with Crippen molar-refractivity contribution in [3.63, 3.8) is 0 Å². The van der Waals surface area contributed by atoms with Crippen molar-refractivity contribution < 1.29 is 24.2 Å². The normalized spacial score (nSPS) is 11.4. The molecule has 2 N–H and O–H groups in total. The fraction of sp³-hybridized carbons (Fsp3) is 0.129. The maximum atomic E-state index is 13.6. The molecular weight excluding hydrogens is 546 g/mol. The molecular formula is C31H26ClN3O6. The van der Waals surface area contributed by atoms with E-state index < -0.39 is 23.5 Å². The van der Waals surface area contributed by atoms with Crippen LogP contribution in [0.2, 0.25) is 5.02 Å². The lowest BCUT2D eigenvalue weighted by molar-refractivity contribution is -0.119. The lowest BCUT2D eigenvalue weighted by atomic mass is 9.98. The molecule has 4 rings (SSSR count). The number of Topliss-reactive ketones (excluding diaryl/α,β-unsaturated/α-hetero) is 1. The zero-order valence-corrected chi connectivity index (χ0v) is 22.8. The summed E-state index contributed by atoms with van der Waals surface area (Å²) < 4.78 is 6.85. The molecule has 0 fully saturated rings. The fourth-order valence-corrected chi connectivity index (χ4v) is 4.38. The second kappa shape index (κ2) is 12.9. The first kappa shape index (κ1) is 29.0. The zero-order valence-electron chi connectivity index (χ0n) is 22.0. The van der Waals surface area contributed by atoms with Crippen molar-refractivity contribution in [2.45, 2.75) is 19.4 Å². The molecule has 0 unspecified atom stereocenters. The molecule has 1 amide bonds. The molecule has 9 nitrogen and oxygen atoms in total. The average molecular weight is 572 g/mol. The molecule has 41 heavy (non-hydrogen) atoms. The van der Waals surface area contributed by atoms with Gasteiger partial charge in [0.15, 0.2) is 5.78 Å². The van der Waals surface area contributed by atoms with Crippen LogP contribution in [0.3, 0.4) is 0 Å². The average Bonchev–Trinajstić information content (AvgIpc) is 2.95. The molecule has 1 aromatic heterocycles. The number of nitrogens with one attached hydrogen (secondary N) is 1. The Balaban J connectivity index is 1.82. The number of hydrogen-bond acceptors (Lipinski definition) is 6. The first-order valence-corrected chi connectivity index (χ1v) is 12.9. The number of benzene rings is 3. The molecule has 208 valence electrons. The molecule has 0 bridgehead atoms. The van der Waals surface area contributed by atoms with Crippen LogP contribution in [0.4, 0.5) is 5.69 Å². The van der Waals surface area contributed by atoms with Crippen LogP contribution in [-0.4, -0.2) is 39.2 Å². The van der Waals surface area contributed by atoms with E-state index in [9.17, 15) is 19.2 Å². The van der Waals surface area contributed by atoms with E-state index >= 15 is 0 Å². The molecule has 0 aliphatic heterocycles. The molecule has 0 spiro atoms. The number of ketones is 1. The van der Waals surface area contributed by atoms with E-state index in [2.05, 4.69) is 17.0 Å². The van der Waals surface area contributed by atoms with Gasteiger partial charge in [-0.1, -0.05) is 54.6 Å². The Labute approximate surface area is 240 Å². The van der Waals surface area contributed by atoms with E-state index in [4.69, 9.17) is 21.4 Å². The Bertz CT molecular complexity index is 1670. The highest BCUT2D eigenvalue weighted by Crippen LogP contribution is 2.33. The van der Waals surface area contributed by atoms with Crippen molar-refractivity contribution in [1.29, 1.82) is 0 Å². The van der Waals surface area contributed by atoms with Crippen LogP contribution in [0.15, 0.2) is 96.3 Å². The Morgan fingerprint density at radius 1 is 1.05 bits per heavy atom. The van der Waals surface area contributed by atoms with Crippen LogP contribution < -0.4 is 15.6 Å². The molecule has 1 heterocycles. The minimum atomic E-state index is -1.11. The lowest BCUT2D eigenvalue weighted by Gasteiger charge is -2.21. The summed E-state index contributed by atoms with van der Waals surface area (Å²) in [7, 11) is 0. The van der Waals surface area contributed by atoms with Gasteiger partial charge in [0, 0.05) is 28.8 Å². The summed E-state index contributed by atoms with van der Waals surface area (Å²) in [4.78, 5) is 50.8. The van der Waals surface area contributed by atoms with Crippen molar-refractivity contribution in [3.8, 4) is 17.0 Å². The van der Waals surface area contributed by atoms with Gasteiger partial charge in [0.25, 0.3) is 5.56 Å². The zero-order chi connectivity index (χ0) is 29.5. The molecule has 0 radical (unpaired) electrons. The smallest absolute Gasteiger partial charge is 0.335 e. The number of halogens is 1. The van der Waals surface area contributed by atoms with Gasteiger partial charge in [-0.05, 0) is 60.5 Å². The summed E-state index contributed by atoms with van der Waals surface area (Å²) in [6.07, 6.45) is 1.61. The molecule has 0 aliphatic carbocycles. The summed E-state index contributed by atoms with van der Waals surface area (Å²) in [5.41, 5.74) is 1.49. The Morgan fingerprint density at radius 3 is 2.39 bits per heavy atom. The van der Waals surface area contributed by atoms with Crippen molar-refractivity contribution in [3.05, 3.63) is 124 Å². The van der Waals surface area contributed by atoms with Gasteiger partial charge in [0.05, 0.1) is 11.1 Å². The van der Waals surface area contributed by atoms with E-state index in [0.717, 1.165) is 10.2 Å². The molecule has 1 atom stereocenters. The van der Waals surface area contributed by atoms with Gasteiger partial charge in [-0.15, -0.1) is 5.10 Å². The van der Waals surface area contributed by atoms with Gasteiger partial charge >= 0.3 is 5.97 Å². The van der Waals surface area contributed by atoms with Crippen molar-refractivity contribution >= 4 is 34.9 Å². The van der Waals surface area contributed by atoms with Gasteiger partial charge in [-0.3, -0.25) is 14.4 Å². The number of carboxylic acid groups (broad SMARTS) is 1. The number of ether oxygens (including phenoxy) is 1. The minimum absolute atomic E-state index is 0.00550. The van der Waals surface area contributed by atoms with Gasteiger partial charge in [0.2, 0.25) is 11.8 Å². The summed E-state index contributed by atoms with van der Waals surface area (Å²) in [5, 5.41) is 16.7. The molecule has 4 aromatic rings. The van der Waals surface area contributed by atoms with E-state index in [-0.39, 0.29) is 35.8 Å². The number of carboxylic acids is 1. The molecule has 10 heteroatoms. The van der Waals surface area contributed by atoms with Crippen molar-refractivity contribution in [2.24, 2.45) is 0 Å². The number of amides is 1. The van der Waals surface area contributed by atoms with Gasteiger partial charge in [0.1, 0.15) is 12.6 Å². The highest BCUT2D eigenvalue weighted by molar-refractivity contribution is 6.31. The third kappa shape index (κ3) is 6.95. The second-order valence-electron chi connectivity index (χ2n) is 9.07. The number of aromatic carboxylic acids is 1. The monoisotopic (exact) mass is 571 g/mol. The van der Waals surface area contributed by atoms with E-state index in [0.29, 0.717) is 21.8 Å². The lowest BCUT2D eigenvalue weighted by Crippen LogP contribution is -2.36. The predicted molar refractivity (Wildman–Crippen MR) is 156 cm³/mol. The number of nitrogens with zero attached hydrogens (tertiary/aromatic N) is 2. The van der Waals surface area contributed by atoms with E-state index in [1.165, 1.54) is 43.3 Å². The standard InChI is InChI=1S/C31H26ClN3O6/c1-3-15-41-30-26(25-17-22(32)11-14-24(25)19(2)36)18-28(37)35(34-30)27(16-20-7-5-4-6-8-20)29(38)33-23-12-9-21(10-13-23)31(39)40/h3-14,17-18,27H,1,15-16H2,2H3,(H,33,38)(H,39,40)/t27-/m0/s1. The number of carbonyl (C=O) groups excluding carboxylic acids is 2. The highest BCUT2D eigenvalue weighted by atomic mass is 35.5. The summed E-state index contributed by atoms with van der Waals surface area (Å²) >= 11 is 6.23. The first-order chi connectivity index (χ1) is 19.7. The Morgan fingerprint density at radius 2 is 1.76 bits per heavy atom. The van der Waals surface area contributed by atoms with Crippen LogP contribution >= 0.6 is 11.6 Å². The maximum absolute atomic E-state index is 13.6. The van der Waals surface area contributed by atoms with Gasteiger partial charge in [-0.2, -0.15) is 0 Å². The maximum Gasteiger partial charge on any atom is 0.335 e. The Kier molecular flexibility index (Phi) is 9.11. The van der Waals surface area contributed by atoms with Crippen LogP contribution in [0.5, 0.6) is 5.88 Å². The molecule has 3 aromatic carbocycles. The van der Waals surface area contributed by atoms with Gasteiger partial charge < -0.3 is 15.2 Å². The number of carbonyl (C=O) groups is 3. The summed E-state index contributed by atoms with van der Waals surface area (Å²) in [6.45, 7) is 5.10. The van der Waals surface area contributed by atoms with Crippen LogP contribution in [0.1, 0.15) is 39.2 Å². The SMILES string of the molecule is C=CCOc1nn([C@@H](Cc2ccccc2)C(=O)Nc2ccc(C(=O)O)cc2)c(=O)cc1-c1cc(Cl)ccc1C(C)=O.